The number of piperazine rings is 1. The van der Waals surface area contributed by atoms with Crippen molar-refractivity contribution in [3.63, 3.8) is 0 Å². The number of rotatable bonds is 2. The molecule has 98 valence electrons. The van der Waals surface area contributed by atoms with E-state index < -0.39 is 0 Å². The molecule has 2 amide bonds. The van der Waals surface area contributed by atoms with Crippen LogP contribution >= 0.6 is 12.4 Å². The molecule has 2 heterocycles. The number of hydrogen-bond donors (Lipinski definition) is 2. The van der Waals surface area contributed by atoms with Crippen LogP contribution in [0.2, 0.25) is 0 Å². The molecule has 0 aliphatic carbocycles. The zero-order valence-electron chi connectivity index (χ0n) is 10.1. The van der Waals surface area contributed by atoms with E-state index in [-0.39, 0.29) is 30.3 Å². The van der Waals surface area contributed by atoms with Gasteiger partial charge in [0.15, 0.2) is 0 Å². The van der Waals surface area contributed by atoms with Gasteiger partial charge in [0, 0.05) is 19.5 Å². The number of nitrogens with zero attached hydrogens (tertiary/aromatic N) is 1. The number of halogens is 1. The van der Waals surface area contributed by atoms with Crippen molar-refractivity contribution in [1.82, 2.24) is 15.5 Å². The Morgan fingerprint density at radius 3 is 2.88 bits per heavy atom. The van der Waals surface area contributed by atoms with Gasteiger partial charge in [-0.15, -0.1) is 12.4 Å². The van der Waals surface area contributed by atoms with Gasteiger partial charge in [-0.1, -0.05) is 0 Å². The molecule has 2 saturated heterocycles. The van der Waals surface area contributed by atoms with Crippen molar-refractivity contribution in [2.24, 2.45) is 5.92 Å². The molecule has 5 nitrogen and oxygen atoms in total. The second-order valence-corrected chi connectivity index (χ2v) is 4.62. The first kappa shape index (κ1) is 14.3. The average molecular weight is 262 g/mol. The predicted molar refractivity (Wildman–Crippen MR) is 67.0 cm³/mol. The highest BCUT2D eigenvalue weighted by molar-refractivity contribution is 5.88. The average Bonchev–Trinajstić information content (AvgIpc) is 2.74. The molecule has 6 heteroatoms. The summed E-state index contributed by atoms with van der Waals surface area (Å²) in [6.45, 7) is 4.96. The molecule has 0 saturated carbocycles. The Hall–Kier alpha value is -0.810. The van der Waals surface area contributed by atoms with Crippen molar-refractivity contribution < 1.29 is 9.59 Å². The third-order valence-electron chi connectivity index (χ3n) is 3.44. The highest BCUT2D eigenvalue weighted by Crippen LogP contribution is 2.15. The predicted octanol–water partition coefficient (Wildman–Crippen LogP) is -0.245. The molecule has 0 aromatic heterocycles. The minimum absolute atomic E-state index is 0. The molecule has 2 N–H and O–H groups in total. The van der Waals surface area contributed by atoms with Crippen molar-refractivity contribution in [2.75, 3.05) is 26.2 Å². The molecule has 0 aromatic rings. The van der Waals surface area contributed by atoms with E-state index in [1.54, 1.807) is 11.8 Å². The van der Waals surface area contributed by atoms with Crippen LogP contribution in [0.4, 0.5) is 0 Å². The minimum Gasteiger partial charge on any atom is -0.353 e. The molecule has 2 fully saturated rings. The molecule has 0 bridgehead atoms. The molecular formula is C11H20ClN3O2. The smallest absolute Gasteiger partial charge is 0.242 e. The fraction of sp³-hybridized carbons (Fsp3) is 0.818. The van der Waals surface area contributed by atoms with Gasteiger partial charge in [0.1, 0.15) is 6.04 Å². The Bertz CT molecular complexity index is 292. The molecule has 2 aliphatic rings. The molecule has 0 aromatic carbocycles. The van der Waals surface area contributed by atoms with Gasteiger partial charge in [0.2, 0.25) is 11.8 Å². The second-order valence-electron chi connectivity index (χ2n) is 4.62. The maximum Gasteiger partial charge on any atom is 0.242 e. The lowest BCUT2D eigenvalue weighted by atomic mass is 10.0. The van der Waals surface area contributed by atoms with Gasteiger partial charge < -0.3 is 15.5 Å². The Morgan fingerprint density at radius 1 is 1.47 bits per heavy atom. The molecule has 0 spiro atoms. The van der Waals surface area contributed by atoms with Crippen molar-refractivity contribution in [3.05, 3.63) is 0 Å². The molecule has 17 heavy (non-hydrogen) atoms. The summed E-state index contributed by atoms with van der Waals surface area (Å²) < 4.78 is 0. The van der Waals surface area contributed by atoms with Crippen molar-refractivity contribution >= 4 is 24.2 Å². The van der Waals surface area contributed by atoms with Crippen LogP contribution in [0.1, 0.15) is 19.8 Å². The first-order chi connectivity index (χ1) is 7.68. The summed E-state index contributed by atoms with van der Waals surface area (Å²) in [7, 11) is 0. The van der Waals surface area contributed by atoms with E-state index >= 15 is 0 Å². The van der Waals surface area contributed by atoms with Gasteiger partial charge >= 0.3 is 0 Å². The summed E-state index contributed by atoms with van der Waals surface area (Å²) in [5, 5.41) is 6.02. The van der Waals surface area contributed by atoms with Crippen LogP contribution in [0.25, 0.3) is 0 Å². The quantitative estimate of drug-likeness (QED) is 0.721. The fourth-order valence-electron chi connectivity index (χ4n) is 2.38. The second kappa shape index (κ2) is 6.21. The molecule has 2 atom stereocenters. The molecular weight excluding hydrogens is 242 g/mol. The van der Waals surface area contributed by atoms with Crippen LogP contribution in [0.3, 0.4) is 0 Å². The largest absolute Gasteiger partial charge is 0.353 e. The van der Waals surface area contributed by atoms with Crippen LogP contribution < -0.4 is 10.6 Å². The summed E-state index contributed by atoms with van der Waals surface area (Å²) in [5.41, 5.74) is 0. The topological polar surface area (TPSA) is 61.4 Å². The molecule has 2 aliphatic heterocycles. The van der Waals surface area contributed by atoms with Crippen LogP contribution in [0.5, 0.6) is 0 Å². The Kier molecular flexibility index (Phi) is 5.21. The number of amides is 2. The number of carbonyl (C=O) groups excluding carboxylic acids is 2. The van der Waals surface area contributed by atoms with Gasteiger partial charge in [0.25, 0.3) is 0 Å². The van der Waals surface area contributed by atoms with Gasteiger partial charge in [-0.05, 0) is 32.4 Å². The van der Waals surface area contributed by atoms with Crippen LogP contribution in [-0.4, -0.2) is 48.9 Å². The molecule has 2 rings (SSSR count). The van der Waals surface area contributed by atoms with Crippen LogP contribution in [-0.2, 0) is 9.59 Å². The summed E-state index contributed by atoms with van der Waals surface area (Å²) in [4.78, 5) is 25.2. The van der Waals surface area contributed by atoms with Crippen molar-refractivity contribution in [3.8, 4) is 0 Å². The summed E-state index contributed by atoms with van der Waals surface area (Å²) >= 11 is 0. The Morgan fingerprint density at radius 2 is 2.24 bits per heavy atom. The summed E-state index contributed by atoms with van der Waals surface area (Å²) in [6, 6.07) is -0.310. The molecule has 0 radical (unpaired) electrons. The first-order valence-electron chi connectivity index (χ1n) is 5.96. The summed E-state index contributed by atoms with van der Waals surface area (Å²) in [5.74, 6) is 0.532. The Labute approximate surface area is 108 Å². The third-order valence-corrected chi connectivity index (χ3v) is 3.44. The van der Waals surface area contributed by atoms with Crippen LogP contribution in [0.15, 0.2) is 0 Å². The number of nitrogens with one attached hydrogen (secondary N) is 2. The van der Waals surface area contributed by atoms with Gasteiger partial charge in [-0.25, -0.2) is 0 Å². The van der Waals surface area contributed by atoms with Crippen molar-refractivity contribution in [2.45, 2.75) is 25.8 Å². The maximum absolute atomic E-state index is 12.0. The Balaban J connectivity index is 0.00000144. The zero-order valence-corrected chi connectivity index (χ0v) is 10.9. The normalized spacial score (nSPS) is 28.5. The van der Waals surface area contributed by atoms with E-state index in [0.717, 1.165) is 19.5 Å². The van der Waals surface area contributed by atoms with Crippen molar-refractivity contribution in [1.29, 1.82) is 0 Å². The fourth-order valence-corrected chi connectivity index (χ4v) is 2.38. The zero-order chi connectivity index (χ0) is 11.5. The van der Waals surface area contributed by atoms with E-state index in [1.807, 2.05) is 0 Å². The van der Waals surface area contributed by atoms with Gasteiger partial charge in [0.05, 0.1) is 0 Å². The van der Waals surface area contributed by atoms with E-state index in [1.165, 1.54) is 0 Å². The van der Waals surface area contributed by atoms with Crippen LogP contribution in [0, 0.1) is 5.92 Å². The highest BCUT2D eigenvalue weighted by Gasteiger charge is 2.30. The van der Waals surface area contributed by atoms with E-state index in [9.17, 15) is 9.59 Å². The SMILES string of the molecule is CC1C(=O)NCCN1C(=O)CC1CCNC1.Cl. The van der Waals surface area contributed by atoms with Gasteiger partial charge in [-0.2, -0.15) is 0 Å². The lowest BCUT2D eigenvalue weighted by molar-refractivity contribution is -0.143. The van der Waals surface area contributed by atoms with E-state index in [2.05, 4.69) is 10.6 Å². The maximum atomic E-state index is 12.0. The van der Waals surface area contributed by atoms with E-state index in [0.29, 0.717) is 25.4 Å². The standard InChI is InChI=1S/C11H19N3O2.ClH/c1-8-11(16)13-4-5-14(8)10(15)6-9-2-3-12-7-9;/h8-9,12H,2-7H2,1H3,(H,13,16);1H. The van der Waals surface area contributed by atoms with Gasteiger partial charge in [-0.3, -0.25) is 9.59 Å². The third kappa shape index (κ3) is 3.33. The lowest BCUT2D eigenvalue weighted by Crippen LogP contribution is -2.56. The number of hydrogen-bond acceptors (Lipinski definition) is 3. The lowest BCUT2D eigenvalue weighted by Gasteiger charge is -2.33. The first-order valence-corrected chi connectivity index (χ1v) is 5.96. The molecule has 2 unspecified atom stereocenters. The monoisotopic (exact) mass is 261 g/mol. The minimum atomic E-state index is -0.310. The van der Waals surface area contributed by atoms with E-state index in [4.69, 9.17) is 0 Å². The number of carbonyl (C=O) groups is 2. The summed E-state index contributed by atoms with van der Waals surface area (Å²) in [6.07, 6.45) is 1.64. The highest BCUT2D eigenvalue weighted by atomic mass is 35.5.